The number of nitrogens with one attached hydrogen (secondary N) is 1. The lowest BCUT2D eigenvalue weighted by Crippen LogP contribution is -2.37. The quantitative estimate of drug-likeness (QED) is 0.596. The zero-order chi connectivity index (χ0) is 15.1. The molecule has 0 bridgehead atoms. The van der Waals surface area contributed by atoms with Crippen LogP contribution in [0, 0.1) is 0 Å². The van der Waals surface area contributed by atoms with E-state index >= 15 is 0 Å². The standard InChI is InChI=1S/C18H30N2O/c1-14(2)16-8-6-15(7-9-16)13-17(20-19)10-11-18-5-3-4-12-21-18/h6-9,14,17-18,20H,3-5,10-13,19H2,1-2H3. The maximum atomic E-state index is 5.80. The first-order valence-corrected chi connectivity index (χ1v) is 8.35. The van der Waals surface area contributed by atoms with Crippen molar-refractivity contribution in [2.75, 3.05) is 6.61 Å². The van der Waals surface area contributed by atoms with Gasteiger partial charge in [0.2, 0.25) is 0 Å². The van der Waals surface area contributed by atoms with Gasteiger partial charge in [-0.05, 0) is 55.6 Å². The molecule has 1 fully saturated rings. The van der Waals surface area contributed by atoms with E-state index in [1.54, 1.807) is 0 Å². The van der Waals surface area contributed by atoms with Gasteiger partial charge in [-0.1, -0.05) is 38.1 Å². The first-order valence-electron chi connectivity index (χ1n) is 8.35. The van der Waals surface area contributed by atoms with Crippen molar-refractivity contribution in [3.05, 3.63) is 35.4 Å². The second kappa shape index (κ2) is 8.52. The van der Waals surface area contributed by atoms with Crippen molar-refractivity contribution in [1.29, 1.82) is 0 Å². The van der Waals surface area contributed by atoms with Gasteiger partial charge < -0.3 is 4.74 Å². The van der Waals surface area contributed by atoms with Crippen molar-refractivity contribution < 1.29 is 4.74 Å². The van der Waals surface area contributed by atoms with Crippen molar-refractivity contribution in [3.8, 4) is 0 Å². The van der Waals surface area contributed by atoms with Crippen molar-refractivity contribution in [2.24, 2.45) is 5.84 Å². The molecule has 2 unspecified atom stereocenters. The molecule has 0 amide bonds. The van der Waals surface area contributed by atoms with Gasteiger partial charge in [0.25, 0.3) is 0 Å². The van der Waals surface area contributed by atoms with E-state index in [1.165, 1.54) is 30.4 Å². The van der Waals surface area contributed by atoms with E-state index < -0.39 is 0 Å². The first kappa shape index (κ1) is 16.5. The third-order valence-electron chi connectivity index (χ3n) is 4.48. The van der Waals surface area contributed by atoms with Gasteiger partial charge in [0.05, 0.1) is 6.10 Å². The molecule has 3 N–H and O–H groups in total. The molecule has 21 heavy (non-hydrogen) atoms. The highest BCUT2D eigenvalue weighted by Gasteiger charge is 2.16. The molecule has 2 atom stereocenters. The highest BCUT2D eigenvalue weighted by molar-refractivity contribution is 5.25. The van der Waals surface area contributed by atoms with Gasteiger partial charge in [-0.25, -0.2) is 0 Å². The molecule has 118 valence electrons. The maximum absolute atomic E-state index is 5.80. The van der Waals surface area contributed by atoms with Crippen molar-refractivity contribution in [2.45, 2.75) is 70.4 Å². The van der Waals surface area contributed by atoms with E-state index in [9.17, 15) is 0 Å². The van der Waals surface area contributed by atoms with Gasteiger partial charge in [0.1, 0.15) is 0 Å². The minimum atomic E-state index is 0.334. The van der Waals surface area contributed by atoms with Crippen molar-refractivity contribution in [1.82, 2.24) is 5.43 Å². The van der Waals surface area contributed by atoms with Gasteiger partial charge in [0, 0.05) is 12.6 Å². The summed E-state index contributed by atoms with van der Waals surface area (Å²) in [6, 6.07) is 9.27. The fraction of sp³-hybridized carbons (Fsp3) is 0.667. The van der Waals surface area contributed by atoms with Crippen LogP contribution in [0.15, 0.2) is 24.3 Å². The summed E-state index contributed by atoms with van der Waals surface area (Å²) in [4.78, 5) is 0. The van der Waals surface area contributed by atoms with Gasteiger partial charge in [-0.15, -0.1) is 0 Å². The number of benzene rings is 1. The molecule has 1 heterocycles. The van der Waals surface area contributed by atoms with Gasteiger partial charge in [-0.3, -0.25) is 11.3 Å². The van der Waals surface area contributed by atoms with Crippen LogP contribution in [-0.2, 0) is 11.2 Å². The van der Waals surface area contributed by atoms with Gasteiger partial charge >= 0.3 is 0 Å². The molecule has 1 aromatic rings. The van der Waals surface area contributed by atoms with Crippen LogP contribution in [0.25, 0.3) is 0 Å². The lowest BCUT2D eigenvalue weighted by molar-refractivity contribution is 0.00858. The monoisotopic (exact) mass is 290 g/mol. The van der Waals surface area contributed by atoms with Crippen LogP contribution < -0.4 is 11.3 Å². The minimum absolute atomic E-state index is 0.334. The zero-order valence-electron chi connectivity index (χ0n) is 13.5. The SMILES string of the molecule is CC(C)c1ccc(CC(CCC2CCCCO2)NN)cc1. The van der Waals surface area contributed by atoms with Crippen LogP contribution >= 0.6 is 0 Å². The lowest BCUT2D eigenvalue weighted by Gasteiger charge is -2.24. The lowest BCUT2D eigenvalue weighted by atomic mass is 9.96. The summed E-state index contributed by atoms with van der Waals surface area (Å²) in [5.74, 6) is 6.31. The molecule has 0 radical (unpaired) electrons. The summed E-state index contributed by atoms with van der Waals surface area (Å²) < 4.78 is 5.80. The fourth-order valence-electron chi connectivity index (χ4n) is 2.99. The predicted octanol–water partition coefficient (Wildman–Crippen LogP) is 3.53. The Morgan fingerprint density at radius 3 is 2.57 bits per heavy atom. The van der Waals surface area contributed by atoms with Crippen molar-refractivity contribution in [3.63, 3.8) is 0 Å². The van der Waals surface area contributed by atoms with Crippen LogP contribution in [0.4, 0.5) is 0 Å². The topological polar surface area (TPSA) is 47.3 Å². The Morgan fingerprint density at radius 2 is 2.00 bits per heavy atom. The molecule has 1 saturated heterocycles. The molecule has 0 aliphatic carbocycles. The highest BCUT2D eigenvalue weighted by atomic mass is 16.5. The number of hydrazine groups is 1. The predicted molar refractivity (Wildman–Crippen MR) is 88.2 cm³/mol. The molecule has 1 aliphatic heterocycles. The maximum Gasteiger partial charge on any atom is 0.0575 e. The van der Waals surface area contributed by atoms with E-state index in [0.29, 0.717) is 18.1 Å². The Balaban J connectivity index is 1.80. The van der Waals surface area contributed by atoms with Crippen LogP contribution in [0.5, 0.6) is 0 Å². The van der Waals surface area contributed by atoms with E-state index in [-0.39, 0.29) is 0 Å². The van der Waals surface area contributed by atoms with E-state index in [1.807, 2.05) is 0 Å². The summed E-state index contributed by atoms with van der Waals surface area (Å²) in [5, 5.41) is 0. The fourth-order valence-corrected chi connectivity index (χ4v) is 2.99. The molecule has 0 saturated carbocycles. The molecule has 3 heteroatoms. The second-order valence-corrected chi connectivity index (χ2v) is 6.53. The normalized spacial score (nSPS) is 20.7. The number of nitrogens with two attached hydrogens (primary N) is 1. The molecule has 0 spiro atoms. The molecular formula is C18H30N2O. The zero-order valence-corrected chi connectivity index (χ0v) is 13.5. The van der Waals surface area contributed by atoms with Crippen LogP contribution in [-0.4, -0.2) is 18.8 Å². The van der Waals surface area contributed by atoms with E-state index in [0.717, 1.165) is 25.9 Å². The molecule has 1 aromatic carbocycles. The smallest absolute Gasteiger partial charge is 0.0575 e. The second-order valence-electron chi connectivity index (χ2n) is 6.53. The molecule has 2 rings (SSSR count). The largest absolute Gasteiger partial charge is 0.378 e. The third kappa shape index (κ3) is 5.42. The Hall–Kier alpha value is -0.900. The Morgan fingerprint density at radius 1 is 1.24 bits per heavy atom. The molecule has 3 nitrogen and oxygen atoms in total. The van der Waals surface area contributed by atoms with Gasteiger partial charge in [-0.2, -0.15) is 0 Å². The van der Waals surface area contributed by atoms with Crippen LogP contribution in [0.3, 0.4) is 0 Å². The van der Waals surface area contributed by atoms with Crippen LogP contribution in [0.1, 0.15) is 63.0 Å². The summed E-state index contributed by atoms with van der Waals surface area (Å²) in [5.41, 5.74) is 5.72. The van der Waals surface area contributed by atoms with E-state index in [2.05, 4.69) is 43.5 Å². The van der Waals surface area contributed by atoms with E-state index in [4.69, 9.17) is 10.6 Å². The number of rotatable bonds is 7. The number of hydrogen-bond donors (Lipinski definition) is 2. The number of hydrogen-bond acceptors (Lipinski definition) is 3. The summed E-state index contributed by atoms with van der Waals surface area (Å²) in [6.45, 7) is 5.38. The molecule has 0 aromatic heterocycles. The summed E-state index contributed by atoms with van der Waals surface area (Å²) in [7, 11) is 0. The molecular weight excluding hydrogens is 260 g/mol. The molecule has 1 aliphatic rings. The number of ether oxygens (including phenoxy) is 1. The van der Waals surface area contributed by atoms with Crippen LogP contribution in [0.2, 0.25) is 0 Å². The Labute approximate surface area is 129 Å². The Bertz CT molecular complexity index is 396. The highest BCUT2D eigenvalue weighted by Crippen LogP contribution is 2.20. The van der Waals surface area contributed by atoms with Crippen molar-refractivity contribution >= 4 is 0 Å². The Kier molecular flexibility index (Phi) is 6.68. The average Bonchev–Trinajstić information content (AvgIpc) is 2.53. The first-order chi connectivity index (χ1) is 10.2. The third-order valence-corrected chi connectivity index (χ3v) is 4.48. The average molecular weight is 290 g/mol. The van der Waals surface area contributed by atoms with Gasteiger partial charge in [0.15, 0.2) is 0 Å². The summed E-state index contributed by atoms with van der Waals surface area (Å²) >= 11 is 0. The summed E-state index contributed by atoms with van der Waals surface area (Å²) in [6.07, 6.45) is 7.35. The minimum Gasteiger partial charge on any atom is -0.378 e.